The molecule has 15 heteroatoms. The number of hydrogen-bond acceptors (Lipinski definition) is 13. The van der Waals surface area contributed by atoms with Gasteiger partial charge in [-0.25, -0.2) is 0 Å². The predicted octanol–water partition coefficient (Wildman–Crippen LogP) is -6.02. The topological polar surface area (TPSA) is 249 Å². The van der Waals surface area contributed by atoms with Crippen molar-refractivity contribution in [3.05, 3.63) is 0 Å². The third-order valence-electron chi connectivity index (χ3n) is 5.08. The van der Waals surface area contributed by atoms with Gasteiger partial charge in [-0.2, -0.15) is 0 Å². The highest BCUT2D eigenvalue weighted by atomic mass is 16.8. The van der Waals surface area contributed by atoms with Crippen molar-refractivity contribution in [2.45, 2.75) is 54.8 Å². The molecule has 2 rings (SSSR count). The number of aliphatic hydroxyl groups excluding tert-OH is 7. The van der Waals surface area contributed by atoms with E-state index in [0.29, 0.717) is 0 Å². The lowest BCUT2D eigenvalue weighted by atomic mass is 9.99. The molecule has 0 aromatic heterocycles. The molecule has 0 aromatic rings. The van der Waals surface area contributed by atoms with Gasteiger partial charge in [0.25, 0.3) is 0 Å². The van der Waals surface area contributed by atoms with Gasteiger partial charge in [0.15, 0.2) is 12.2 Å². The van der Waals surface area contributed by atoms with E-state index in [1.807, 2.05) is 0 Å². The number of nitrogens with one attached hydrogen (secondary N) is 1. The molecule has 0 amide bonds. The van der Waals surface area contributed by atoms with Gasteiger partial charge in [-0.3, -0.25) is 10.2 Å². The molecule has 0 radical (unpaired) electrons. The minimum atomic E-state index is -2.31. The van der Waals surface area contributed by atoms with E-state index >= 15 is 0 Å². The van der Waals surface area contributed by atoms with Crippen LogP contribution in [0.15, 0.2) is 0 Å². The molecule has 2 heterocycles. The highest BCUT2D eigenvalue weighted by Crippen LogP contribution is 2.36. The number of ether oxygens (including phenoxy) is 4. The zero-order valence-electron chi connectivity index (χ0n) is 16.6. The summed E-state index contributed by atoms with van der Waals surface area (Å²) in [5.74, 6) is -3.53. The number of rotatable bonds is 8. The van der Waals surface area contributed by atoms with E-state index in [4.69, 9.17) is 30.1 Å². The molecule has 0 aromatic carbocycles. The fourth-order valence-electron chi connectivity index (χ4n) is 3.12. The fourth-order valence-corrected chi connectivity index (χ4v) is 3.12. The molecule has 2 aliphatic rings. The van der Waals surface area contributed by atoms with Gasteiger partial charge in [-0.1, -0.05) is 0 Å². The van der Waals surface area contributed by atoms with Crippen LogP contribution in [0, 0.1) is 5.41 Å². The lowest BCUT2D eigenvalue weighted by molar-refractivity contribution is -0.383. The summed E-state index contributed by atoms with van der Waals surface area (Å²) in [6.45, 7) is -2.71. The standard InChI is InChI=1S/C16H29N3O12/c1-19(15(17)18)2-8(22)28-4-7-9(23)11(25)12(26)14(29-7)31-16(5-21)13(27)10(24)6(3-20)30-16/h6-7,9-14,20-21,23-27H,2-5H2,1H3,(H3,17,18)/t6-,7-,9-,10-,11+,12-,13+,14-,16+/m1/s1. The largest absolute Gasteiger partial charge is 0.461 e. The van der Waals surface area contributed by atoms with E-state index in [-0.39, 0.29) is 12.5 Å². The maximum Gasteiger partial charge on any atom is 0.325 e. The van der Waals surface area contributed by atoms with E-state index in [1.165, 1.54) is 7.05 Å². The Morgan fingerprint density at radius 2 is 1.74 bits per heavy atom. The molecular weight excluding hydrogens is 426 g/mol. The molecule has 15 nitrogen and oxygen atoms in total. The summed E-state index contributed by atoms with van der Waals surface area (Å²) in [5, 5.41) is 76.6. The van der Waals surface area contributed by atoms with Crippen molar-refractivity contribution in [3.63, 3.8) is 0 Å². The van der Waals surface area contributed by atoms with Gasteiger partial charge in [0.1, 0.15) is 62.5 Å². The summed E-state index contributed by atoms with van der Waals surface area (Å²) in [7, 11) is 1.37. The first kappa shape index (κ1) is 25.6. The average molecular weight is 455 g/mol. The number of nitrogens with two attached hydrogens (primary N) is 1. The number of likely N-dealkylation sites (N-methyl/N-ethyl adjacent to an activating group) is 1. The van der Waals surface area contributed by atoms with E-state index < -0.39 is 80.6 Å². The van der Waals surface area contributed by atoms with Crippen LogP contribution in [0.1, 0.15) is 0 Å². The maximum absolute atomic E-state index is 11.8. The van der Waals surface area contributed by atoms with Crippen LogP contribution in [0.25, 0.3) is 0 Å². The molecular formula is C16H29N3O12. The van der Waals surface area contributed by atoms with Gasteiger partial charge in [0.05, 0.1) is 6.61 Å². The van der Waals surface area contributed by atoms with Gasteiger partial charge in [-0.05, 0) is 0 Å². The first-order valence-electron chi connectivity index (χ1n) is 9.31. The van der Waals surface area contributed by atoms with Gasteiger partial charge >= 0.3 is 5.97 Å². The van der Waals surface area contributed by atoms with Crippen LogP contribution in [0.3, 0.4) is 0 Å². The van der Waals surface area contributed by atoms with Crippen LogP contribution in [0.4, 0.5) is 0 Å². The monoisotopic (exact) mass is 455 g/mol. The van der Waals surface area contributed by atoms with Gasteiger partial charge in [0, 0.05) is 7.05 Å². The second-order valence-corrected chi connectivity index (χ2v) is 7.30. The van der Waals surface area contributed by atoms with Crippen molar-refractivity contribution in [1.29, 1.82) is 5.41 Å². The van der Waals surface area contributed by atoms with Crippen molar-refractivity contribution in [2.24, 2.45) is 5.73 Å². The Kier molecular flexibility index (Phi) is 8.51. The summed E-state index contributed by atoms with van der Waals surface area (Å²) >= 11 is 0. The normalized spacial score (nSPS) is 40.5. The van der Waals surface area contributed by atoms with Crippen LogP contribution in [0.2, 0.25) is 0 Å². The van der Waals surface area contributed by atoms with Gasteiger partial charge < -0.3 is 65.3 Å². The van der Waals surface area contributed by atoms with E-state index in [1.54, 1.807) is 0 Å². The SMILES string of the molecule is CN(CC(=O)OC[C@H]1O[C@H](O[C@]2(CO)O[C@H](CO)[C@@H](O)[C@@H]2O)[C@H](O)[C@@H](O)[C@@H]1O)C(=N)N. The second-order valence-electron chi connectivity index (χ2n) is 7.30. The summed E-state index contributed by atoms with van der Waals surface area (Å²) in [6, 6.07) is 0. The molecule has 0 saturated carbocycles. The quantitative estimate of drug-likeness (QED) is 0.0939. The fraction of sp³-hybridized carbons (Fsp3) is 0.875. The number of esters is 1. The third kappa shape index (κ3) is 5.40. The third-order valence-corrected chi connectivity index (χ3v) is 5.08. The molecule has 9 atom stereocenters. The molecule has 0 bridgehead atoms. The van der Waals surface area contributed by atoms with Crippen LogP contribution in [0.5, 0.6) is 0 Å². The van der Waals surface area contributed by atoms with Crippen molar-refractivity contribution in [1.82, 2.24) is 4.90 Å². The zero-order chi connectivity index (χ0) is 23.5. The van der Waals surface area contributed by atoms with E-state index in [0.717, 1.165) is 4.90 Å². The lowest BCUT2D eigenvalue weighted by Crippen LogP contribution is -2.63. The maximum atomic E-state index is 11.8. The molecule has 0 unspecified atom stereocenters. The van der Waals surface area contributed by atoms with Crippen LogP contribution in [-0.2, 0) is 23.7 Å². The average Bonchev–Trinajstić information content (AvgIpc) is 2.98. The summed E-state index contributed by atoms with van der Waals surface area (Å²) in [4.78, 5) is 12.9. The van der Waals surface area contributed by atoms with E-state index in [9.17, 15) is 40.5 Å². The lowest BCUT2D eigenvalue weighted by Gasteiger charge is -2.43. The molecule has 180 valence electrons. The number of carbonyl (C=O) groups is 1. The highest BCUT2D eigenvalue weighted by molar-refractivity contribution is 5.80. The predicted molar refractivity (Wildman–Crippen MR) is 97.1 cm³/mol. The smallest absolute Gasteiger partial charge is 0.325 e. The molecule has 2 aliphatic heterocycles. The molecule has 2 fully saturated rings. The Bertz CT molecular complexity index is 641. The van der Waals surface area contributed by atoms with Crippen molar-refractivity contribution in [3.8, 4) is 0 Å². The minimum Gasteiger partial charge on any atom is -0.461 e. The van der Waals surface area contributed by atoms with Crippen molar-refractivity contribution in [2.75, 3.05) is 33.4 Å². The number of carbonyl (C=O) groups excluding carboxylic acids is 1. The second kappa shape index (κ2) is 10.3. The van der Waals surface area contributed by atoms with Gasteiger partial charge in [-0.15, -0.1) is 0 Å². The van der Waals surface area contributed by atoms with Crippen molar-refractivity contribution < 1.29 is 59.5 Å². The Balaban J connectivity index is 2.07. The van der Waals surface area contributed by atoms with E-state index in [2.05, 4.69) is 0 Å². The Hall–Kier alpha value is -1.66. The zero-order valence-corrected chi connectivity index (χ0v) is 16.6. The summed E-state index contributed by atoms with van der Waals surface area (Å²) in [5.41, 5.74) is 5.21. The number of guanidine groups is 1. The number of nitrogens with zero attached hydrogens (tertiary/aromatic N) is 1. The van der Waals surface area contributed by atoms with Crippen LogP contribution < -0.4 is 5.73 Å². The minimum absolute atomic E-state index is 0.378. The Morgan fingerprint density at radius 3 is 2.26 bits per heavy atom. The molecule has 2 saturated heterocycles. The van der Waals surface area contributed by atoms with Crippen LogP contribution >= 0.6 is 0 Å². The first-order valence-corrected chi connectivity index (χ1v) is 9.31. The van der Waals surface area contributed by atoms with Gasteiger partial charge in [0.2, 0.25) is 5.79 Å². The number of aliphatic hydroxyl groups is 7. The van der Waals surface area contributed by atoms with Crippen molar-refractivity contribution >= 4 is 11.9 Å². The summed E-state index contributed by atoms with van der Waals surface area (Å²) < 4.78 is 20.8. The summed E-state index contributed by atoms with van der Waals surface area (Å²) in [6.07, 6.45) is -13.4. The number of hydrogen-bond donors (Lipinski definition) is 9. The molecule has 31 heavy (non-hydrogen) atoms. The van der Waals surface area contributed by atoms with Crippen LogP contribution in [-0.4, -0.2) is 141 Å². The molecule has 0 spiro atoms. The first-order chi connectivity index (χ1) is 14.5. The Labute approximate surface area is 176 Å². The molecule has 0 aliphatic carbocycles. The Morgan fingerprint density at radius 1 is 1.10 bits per heavy atom. The molecule has 10 N–H and O–H groups in total. The highest BCUT2D eigenvalue weighted by Gasteiger charge is 2.58.